The summed E-state index contributed by atoms with van der Waals surface area (Å²) in [7, 11) is 0. The first-order valence-electron chi connectivity index (χ1n) is 6.57. The number of Topliss-reactive ketones (excluding diaryl/α,β-unsaturated/α-hetero) is 1. The van der Waals surface area contributed by atoms with Crippen molar-refractivity contribution in [2.45, 2.75) is 20.3 Å². The van der Waals surface area contributed by atoms with Crippen molar-refractivity contribution >= 4 is 22.1 Å². The topological polar surface area (TPSA) is 17.1 Å². The normalized spacial score (nSPS) is 14.4. The van der Waals surface area contributed by atoms with Crippen molar-refractivity contribution in [1.82, 2.24) is 0 Å². The average molecular weight is 248 g/mol. The molecule has 1 heteroatoms. The lowest BCUT2D eigenvalue weighted by Gasteiger charge is -2.12. The van der Waals surface area contributed by atoms with E-state index in [1.54, 1.807) is 6.92 Å². The van der Waals surface area contributed by atoms with Gasteiger partial charge in [0.1, 0.15) is 0 Å². The van der Waals surface area contributed by atoms with Gasteiger partial charge >= 0.3 is 0 Å². The molecule has 0 N–H and O–H groups in total. The summed E-state index contributed by atoms with van der Waals surface area (Å²) in [5.74, 6) is 0.132. The summed E-state index contributed by atoms with van der Waals surface area (Å²) >= 11 is 0. The van der Waals surface area contributed by atoms with Crippen molar-refractivity contribution in [3.63, 3.8) is 0 Å². The first kappa shape index (κ1) is 11.9. The van der Waals surface area contributed by atoms with E-state index in [1.807, 2.05) is 18.2 Å². The molecule has 19 heavy (non-hydrogen) atoms. The van der Waals surface area contributed by atoms with Crippen LogP contribution in [0.5, 0.6) is 0 Å². The van der Waals surface area contributed by atoms with Crippen LogP contribution >= 0.6 is 0 Å². The molecule has 1 aliphatic carbocycles. The summed E-state index contributed by atoms with van der Waals surface area (Å²) in [6.07, 6.45) is 5.21. The van der Waals surface area contributed by atoms with Crippen LogP contribution in [0.3, 0.4) is 0 Å². The van der Waals surface area contributed by atoms with Crippen molar-refractivity contribution in [1.29, 1.82) is 0 Å². The molecule has 0 atom stereocenters. The molecule has 0 fully saturated rings. The van der Waals surface area contributed by atoms with Gasteiger partial charge in [0, 0.05) is 5.56 Å². The maximum Gasteiger partial charge on any atom is 0.160 e. The highest BCUT2D eigenvalue weighted by molar-refractivity contribution is 6.04. The standard InChI is InChI=1S/C18H16O/c1-12-6-5-9-16(12)18-11-15-8-4-3-7-14(15)10-17(18)13(2)19/h3-8,10-11H,9H2,1-2H3. The molecule has 0 aliphatic heterocycles. The van der Waals surface area contributed by atoms with Crippen LogP contribution in [0.15, 0.2) is 54.1 Å². The van der Waals surface area contributed by atoms with Gasteiger partial charge in [-0.25, -0.2) is 0 Å². The minimum absolute atomic E-state index is 0.132. The van der Waals surface area contributed by atoms with Crippen molar-refractivity contribution < 1.29 is 4.79 Å². The highest BCUT2D eigenvalue weighted by Gasteiger charge is 2.15. The number of hydrogen-bond donors (Lipinski definition) is 0. The number of ketones is 1. The van der Waals surface area contributed by atoms with E-state index in [-0.39, 0.29) is 5.78 Å². The molecule has 0 unspecified atom stereocenters. The molecule has 3 rings (SSSR count). The van der Waals surface area contributed by atoms with Gasteiger partial charge in [0.15, 0.2) is 5.78 Å². The number of carbonyl (C=O) groups excluding carboxylic acids is 1. The van der Waals surface area contributed by atoms with Crippen LogP contribution in [0.4, 0.5) is 0 Å². The summed E-state index contributed by atoms with van der Waals surface area (Å²) in [5, 5.41) is 2.32. The van der Waals surface area contributed by atoms with E-state index in [0.29, 0.717) is 0 Å². The lowest BCUT2D eigenvalue weighted by atomic mass is 9.91. The first-order chi connectivity index (χ1) is 9.16. The van der Waals surface area contributed by atoms with Gasteiger partial charge in [-0.2, -0.15) is 0 Å². The second-order valence-electron chi connectivity index (χ2n) is 5.07. The zero-order chi connectivity index (χ0) is 13.4. The Morgan fingerprint density at radius 1 is 1.11 bits per heavy atom. The maximum absolute atomic E-state index is 11.9. The molecule has 0 aromatic heterocycles. The molecule has 1 aliphatic rings. The van der Waals surface area contributed by atoms with E-state index in [4.69, 9.17) is 0 Å². The van der Waals surface area contributed by atoms with Gasteiger partial charge in [0.2, 0.25) is 0 Å². The van der Waals surface area contributed by atoms with Crippen LogP contribution < -0.4 is 0 Å². The Balaban J connectivity index is 2.30. The predicted molar refractivity (Wildman–Crippen MR) is 80.3 cm³/mol. The molecule has 2 aromatic carbocycles. The SMILES string of the molecule is CC(=O)c1cc2ccccc2cc1C1=C(C)C=CC1. The van der Waals surface area contributed by atoms with Gasteiger partial charge < -0.3 is 0 Å². The number of allylic oxidation sites excluding steroid dienone is 4. The molecular formula is C18H16O. The Bertz CT molecular complexity index is 732. The molecule has 0 radical (unpaired) electrons. The van der Waals surface area contributed by atoms with Gasteiger partial charge in [-0.05, 0) is 59.9 Å². The minimum Gasteiger partial charge on any atom is -0.294 e. The smallest absolute Gasteiger partial charge is 0.160 e. The lowest BCUT2D eigenvalue weighted by Crippen LogP contribution is -1.99. The Kier molecular flexibility index (Phi) is 2.83. The zero-order valence-electron chi connectivity index (χ0n) is 11.2. The Hall–Kier alpha value is -2.15. The van der Waals surface area contributed by atoms with Crippen molar-refractivity contribution in [3.05, 3.63) is 65.3 Å². The number of benzene rings is 2. The van der Waals surface area contributed by atoms with Crippen molar-refractivity contribution in [3.8, 4) is 0 Å². The average Bonchev–Trinajstić information content (AvgIpc) is 2.83. The Labute approximate surface area is 113 Å². The maximum atomic E-state index is 11.9. The summed E-state index contributed by atoms with van der Waals surface area (Å²) in [6, 6.07) is 12.4. The molecule has 0 spiro atoms. The molecule has 2 aromatic rings. The van der Waals surface area contributed by atoms with E-state index in [9.17, 15) is 4.79 Å². The molecular weight excluding hydrogens is 232 g/mol. The number of hydrogen-bond acceptors (Lipinski definition) is 1. The predicted octanol–water partition coefficient (Wildman–Crippen LogP) is 4.78. The summed E-state index contributed by atoms with van der Waals surface area (Å²) in [4.78, 5) is 11.9. The van der Waals surface area contributed by atoms with Gasteiger partial charge in [-0.3, -0.25) is 4.79 Å². The van der Waals surface area contributed by atoms with Crippen LogP contribution in [-0.2, 0) is 0 Å². The second-order valence-corrected chi connectivity index (χ2v) is 5.07. The Morgan fingerprint density at radius 3 is 2.37 bits per heavy atom. The molecule has 1 nitrogen and oxygen atoms in total. The molecule has 0 amide bonds. The molecule has 0 bridgehead atoms. The number of rotatable bonds is 2. The van der Waals surface area contributed by atoms with Crippen LogP contribution in [-0.4, -0.2) is 5.78 Å². The monoisotopic (exact) mass is 248 g/mol. The van der Waals surface area contributed by atoms with Crippen molar-refractivity contribution in [2.75, 3.05) is 0 Å². The van der Waals surface area contributed by atoms with Crippen LogP contribution in [0.1, 0.15) is 36.2 Å². The highest BCUT2D eigenvalue weighted by atomic mass is 16.1. The minimum atomic E-state index is 0.132. The van der Waals surface area contributed by atoms with E-state index in [1.165, 1.54) is 16.5 Å². The largest absolute Gasteiger partial charge is 0.294 e. The third kappa shape index (κ3) is 2.01. The van der Waals surface area contributed by atoms with E-state index in [2.05, 4.69) is 37.3 Å². The van der Waals surface area contributed by atoms with Gasteiger partial charge in [-0.15, -0.1) is 0 Å². The van der Waals surface area contributed by atoms with Gasteiger partial charge in [0.25, 0.3) is 0 Å². The highest BCUT2D eigenvalue weighted by Crippen LogP contribution is 2.33. The summed E-state index contributed by atoms with van der Waals surface area (Å²) in [5.41, 5.74) is 4.46. The van der Waals surface area contributed by atoms with Crippen LogP contribution in [0.2, 0.25) is 0 Å². The fourth-order valence-electron chi connectivity index (χ4n) is 2.72. The zero-order valence-corrected chi connectivity index (χ0v) is 11.2. The van der Waals surface area contributed by atoms with Gasteiger partial charge in [0.05, 0.1) is 0 Å². The van der Waals surface area contributed by atoms with Crippen molar-refractivity contribution in [2.24, 2.45) is 0 Å². The fraction of sp³-hybridized carbons (Fsp3) is 0.167. The Morgan fingerprint density at radius 2 is 1.79 bits per heavy atom. The van der Waals surface area contributed by atoms with E-state index in [0.717, 1.165) is 22.9 Å². The van der Waals surface area contributed by atoms with Gasteiger partial charge in [-0.1, -0.05) is 36.4 Å². The summed E-state index contributed by atoms with van der Waals surface area (Å²) < 4.78 is 0. The lowest BCUT2D eigenvalue weighted by molar-refractivity contribution is 0.101. The number of fused-ring (bicyclic) bond motifs is 1. The quantitative estimate of drug-likeness (QED) is 0.699. The van der Waals surface area contributed by atoms with Crippen LogP contribution in [0.25, 0.3) is 16.3 Å². The fourth-order valence-corrected chi connectivity index (χ4v) is 2.72. The van der Waals surface area contributed by atoms with E-state index < -0.39 is 0 Å². The number of carbonyl (C=O) groups is 1. The summed E-state index contributed by atoms with van der Waals surface area (Å²) in [6.45, 7) is 3.75. The molecule has 94 valence electrons. The second kappa shape index (κ2) is 4.51. The van der Waals surface area contributed by atoms with Crippen LogP contribution in [0, 0.1) is 0 Å². The molecule has 0 saturated heterocycles. The molecule has 0 heterocycles. The first-order valence-corrected chi connectivity index (χ1v) is 6.57. The molecule has 0 saturated carbocycles. The third-order valence-corrected chi connectivity index (χ3v) is 3.76. The van der Waals surface area contributed by atoms with E-state index >= 15 is 0 Å². The third-order valence-electron chi connectivity index (χ3n) is 3.76.